The Hall–Kier alpha value is -2.81. The number of carbonyl (C=O) groups excluding carboxylic acids is 1. The molecule has 0 atom stereocenters. The highest BCUT2D eigenvalue weighted by molar-refractivity contribution is 5.68. The summed E-state index contributed by atoms with van der Waals surface area (Å²) in [6.45, 7) is 8.96. The van der Waals surface area contributed by atoms with E-state index in [0.717, 1.165) is 29.5 Å². The Morgan fingerprint density at radius 1 is 1.22 bits per heavy atom. The van der Waals surface area contributed by atoms with Gasteiger partial charge >= 0.3 is 6.09 Å². The average Bonchev–Trinajstić information content (AvgIpc) is 3.10. The molecule has 6 heteroatoms. The van der Waals surface area contributed by atoms with Crippen molar-refractivity contribution in [1.82, 2.24) is 14.7 Å². The molecule has 0 saturated carbocycles. The van der Waals surface area contributed by atoms with E-state index in [-0.39, 0.29) is 12.1 Å². The Balaban J connectivity index is 1.66. The van der Waals surface area contributed by atoms with Gasteiger partial charge in [-0.3, -0.25) is 4.68 Å². The zero-order valence-corrected chi connectivity index (χ0v) is 16.4. The van der Waals surface area contributed by atoms with Crippen LogP contribution in [0.5, 0.6) is 0 Å². The highest BCUT2D eigenvalue weighted by Crippen LogP contribution is 2.27. The van der Waals surface area contributed by atoms with Crippen LogP contribution < -0.4 is 0 Å². The molecule has 0 spiro atoms. The van der Waals surface area contributed by atoms with Gasteiger partial charge in [0, 0.05) is 24.8 Å². The molecule has 1 aromatic carbocycles. The molecule has 27 heavy (non-hydrogen) atoms. The number of likely N-dealkylation sites (tertiary alicyclic amines) is 1. The van der Waals surface area contributed by atoms with Crippen molar-refractivity contribution < 1.29 is 9.53 Å². The normalized spacial score (nSPS) is 15.4. The second kappa shape index (κ2) is 7.43. The SMILES string of the molecule is Cc1cc(C#N)cc(-c2cnn(C3CCN(C(=O)OC(C)(C)C)CC3)c2)c1. The number of amides is 1. The summed E-state index contributed by atoms with van der Waals surface area (Å²) in [5, 5.41) is 13.7. The van der Waals surface area contributed by atoms with Crippen molar-refractivity contribution in [2.75, 3.05) is 13.1 Å². The predicted octanol–water partition coefficient (Wildman–Crippen LogP) is 4.30. The zero-order valence-electron chi connectivity index (χ0n) is 16.4. The summed E-state index contributed by atoms with van der Waals surface area (Å²) in [7, 11) is 0. The Morgan fingerprint density at radius 3 is 2.56 bits per heavy atom. The van der Waals surface area contributed by atoms with E-state index in [4.69, 9.17) is 10.00 Å². The number of benzene rings is 1. The quantitative estimate of drug-likeness (QED) is 0.794. The van der Waals surface area contributed by atoms with Crippen molar-refractivity contribution in [3.8, 4) is 17.2 Å². The van der Waals surface area contributed by atoms with Gasteiger partial charge in [0.2, 0.25) is 0 Å². The zero-order chi connectivity index (χ0) is 19.6. The Morgan fingerprint density at radius 2 is 1.93 bits per heavy atom. The summed E-state index contributed by atoms with van der Waals surface area (Å²) < 4.78 is 7.43. The van der Waals surface area contributed by atoms with Crippen molar-refractivity contribution in [2.24, 2.45) is 0 Å². The molecular weight excluding hydrogens is 340 g/mol. The van der Waals surface area contributed by atoms with Crippen LogP contribution in [-0.4, -0.2) is 39.5 Å². The van der Waals surface area contributed by atoms with Crippen molar-refractivity contribution >= 4 is 6.09 Å². The molecule has 2 heterocycles. The lowest BCUT2D eigenvalue weighted by Gasteiger charge is -2.33. The third kappa shape index (κ3) is 4.68. The van der Waals surface area contributed by atoms with Gasteiger partial charge in [-0.25, -0.2) is 4.79 Å². The molecule has 0 aliphatic carbocycles. The van der Waals surface area contributed by atoms with Crippen molar-refractivity contribution in [2.45, 2.75) is 52.2 Å². The fourth-order valence-corrected chi connectivity index (χ4v) is 3.34. The fraction of sp³-hybridized carbons (Fsp3) is 0.476. The van der Waals surface area contributed by atoms with Crippen LogP contribution in [0.3, 0.4) is 0 Å². The second-order valence-corrected chi connectivity index (χ2v) is 8.11. The van der Waals surface area contributed by atoms with Gasteiger partial charge in [-0.15, -0.1) is 0 Å². The van der Waals surface area contributed by atoms with Crippen LogP contribution in [0.15, 0.2) is 30.6 Å². The Bertz CT molecular complexity index is 865. The van der Waals surface area contributed by atoms with Crippen molar-refractivity contribution in [3.05, 3.63) is 41.7 Å². The molecule has 142 valence electrons. The van der Waals surface area contributed by atoms with Gasteiger partial charge < -0.3 is 9.64 Å². The Kier molecular flexibility index (Phi) is 5.22. The topological polar surface area (TPSA) is 71.2 Å². The third-order valence-corrected chi connectivity index (χ3v) is 4.63. The van der Waals surface area contributed by atoms with E-state index < -0.39 is 5.60 Å². The molecule has 1 amide bonds. The molecule has 0 radical (unpaired) electrons. The van der Waals surface area contributed by atoms with Crippen LogP contribution in [-0.2, 0) is 4.74 Å². The van der Waals surface area contributed by atoms with Gasteiger partial charge in [-0.1, -0.05) is 6.07 Å². The first-order valence-corrected chi connectivity index (χ1v) is 9.29. The fourth-order valence-electron chi connectivity index (χ4n) is 3.34. The molecule has 1 fully saturated rings. The minimum atomic E-state index is -0.471. The maximum absolute atomic E-state index is 12.2. The lowest BCUT2D eigenvalue weighted by atomic mass is 10.0. The molecule has 1 aliphatic rings. The number of rotatable bonds is 2. The maximum atomic E-state index is 12.2. The first kappa shape index (κ1) is 19.0. The summed E-state index contributed by atoms with van der Waals surface area (Å²) in [6, 6.07) is 8.29. The van der Waals surface area contributed by atoms with Crippen LogP contribution in [0, 0.1) is 18.3 Å². The lowest BCUT2D eigenvalue weighted by Crippen LogP contribution is -2.42. The van der Waals surface area contributed by atoms with Gasteiger partial charge in [0.25, 0.3) is 0 Å². The van der Waals surface area contributed by atoms with Gasteiger partial charge in [-0.2, -0.15) is 10.4 Å². The average molecular weight is 366 g/mol. The molecule has 0 N–H and O–H groups in total. The second-order valence-electron chi connectivity index (χ2n) is 8.11. The maximum Gasteiger partial charge on any atom is 0.410 e. The number of ether oxygens (including phenoxy) is 1. The molecule has 0 bridgehead atoms. The van der Waals surface area contributed by atoms with Crippen LogP contribution in [0.25, 0.3) is 11.1 Å². The van der Waals surface area contributed by atoms with Crippen LogP contribution >= 0.6 is 0 Å². The van der Waals surface area contributed by atoms with E-state index in [1.54, 1.807) is 4.90 Å². The number of hydrogen-bond donors (Lipinski definition) is 0. The van der Waals surface area contributed by atoms with Crippen molar-refractivity contribution in [1.29, 1.82) is 5.26 Å². The lowest BCUT2D eigenvalue weighted by molar-refractivity contribution is 0.0185. The van der Waals surface area contributed by atoms with E-state index in [1.807, 2.05) is 56.9 Å². The molecule has 6 nitrogen and oxygen atoms in total. The summed E-state index contributed by atoms with van der Waals surface area (Å²) in [5.41, 5.74) is 3.25. The minimum absolute atomic E-state index is 0.245. The van der Waals surface area contributed by atoms with E-state index >= 15 is 0 Å². The number of nitriles is 1. The van der Waals surface area contributed by atoms with Gasteiger partial charge in [0.05, 0.1) is 23.9 Å². The highest BCUT2D eigenvalue weighted by atomic mass is 16.6. The van der Waals surface area contributed by atoms with Gasteiger partial charge in [-0.05, 0) is 63.8 Å². The monoisotopic (exact) mass is 366 g/mol. The first-order chi connectivity index (χ1) is 12.7. The van der Waals surface area contributed by atoms with Crippen LogP contribution in [0.4, 0.5) is 4.79 Å². The predicted molar refractivity (Wildman–Crippen MR) is 103 cm³/mol. The van der Waals surface area contributed by atoms with Crippen molar-refractivity contribution in [3.63, 3.8) is 0 Å². The standard InChI is InChI=1S/C21H26N4O2/c1-15-9-16(12-22)11-17(10-15)18-13-23-25(14-18)19-5-7-24(8-6-19)20(26)27-21(2,3)4/h9-11,13-14,19H,5-8H2,1-4H3. The molecule has 1 saturated heterocycles. The first-order valence-electron chi connectivity index (χ1n) is 9.29. The Labute approximate surface area is 160 Å². The van der Waals surface area contributed by atoms with E-state index in [9.17, 15) is 4.79 Å². The van der Waals surface area contributed by atoms with Crippen LogP contribution in [0.1, 0.15) is 50.8 Å². The summed E-state index contributed by atoms with van der Waals surface area (Å²) >= 11 is 0. The van der Waals surface area contributed by atoms with E-state index in [1.165, 1.54) is 0 Å². The number of aromatic nitrogens is 2. The van der Waals surface area contributed by atoms with Crippen LogP contribution in [0.2, 0.25) is 0 Å². The molecule has 2 aromatic rings. The number of carbonyl (C=O) groups is 1. The third-order valence-electron chi connectivity index (χ3n) is 4.63. The molecular formula is C21H26N4O2. The highest BCUT2D eigenvalue weighted by Gasteiger charge is 2.27. The summed E-state index contributed by atoms with van der Waals surface area (Å²) in [4.78, 5) is 14.0. The largest absolute Gasteiger partial charge is 0.444 e. The van der Waals surface area contributed by atoms with Gasteiger partial charge in [0.1, 0.15) is 5.60 Å². The van der Waals surface area contributed by atoms with Gasteiger partial charge in [0.15, 0.2) is 0 Å². The minimum Gasteiger partial charge on any atom is -0.444 e. The smallest absolute Gasteiger partial charge is 0.410 e. The number of piperidine rings is 1. The molecule has 1 aliphatic heterocycles. The summed E-state index contributed by atoms with van der Waals surface area (Å²) in [5.74, 6) is 0. The van der Waals surface area contributed by atoms with E-state index in [0.29, 0.717) is 18.7 Å². The molecule has 3 rings (SSSR count). The summed E-state index contributed by atoms with van der Waals surface area (Å²) in [6.07, 6.45) is 5.32. The molecule has 1 aromatic heterocycles. The van der Waals surface area contributed by atoms with E-state index in [2.05, 4.69) is 17.2 Å². The molecule has 0 unspecified atom stereocenters. The number of aryl methyl sites for hydroxylation is 1. The number of hydrogen-bond acceptors (Lipinski definition) is 4. The number of nitrogens with zero attached hydrogens (tertiary/aromatic N) is 4.